The van der Waals surface area contributed by atoms with Crippen molar-refractivity contribution in [2.24, 2.45) is 0 Å². The van der Waals surface area contributed by atoms with E-state index in [1.54, 1.807) is 0 Å². The third-order valence-electron chi connectivity index (χ3n) is 2.90. The Labute approximate surface area is 115 Å². The molecule has 3 nitrogen and oxygen atoms in total. The number of terminal acetylenes is 1. The number of rotatable bonds is 4. The zero-order valence-electron chi connectivity index (χ0n) is 11.0. The average Bonchev–Trinajstić information content (AvgIpc) is 2.43. The first-order chi connectivity index (χ1) is 9.25. The van der Waals surface area contributed by atoms with Crippen molar-refractivity contribution in [3.05, 3.63) is 35.4 Å². The molecule has 0 amide bonds. The van der Waals surface area contributed by atoms with Gasteiger partial charge < -0.3 is 4.74 Å². The molecule has 108 valence electrons. The van der Waals surface area contributed by atoms with Crippen molar-refractivity contribution < 1.29 is 22.7 Å². The van der Waals surface area contributed by atoms with Crippen LogP contribution in [-0.4, -0.2) is 19.6 Å². The van der Waals surface area contributed by atoms with Crippen LogP contribution in [0.3, 0.4) is 0 Å². The number of halogens is 3. The Morgan fingerprint density at radius 3 is 2.50 bits per heavy atom. The van der Waals surface area contributed by atoms with E-state index in [1.165, 1.54) is 19.1 Å². The van der Waals surface area contributed by atoms with Crippen molar-refractivity contribution >= 4 is 5.97 Å². The number of hydrogen-bond donors (Lipinski definition) is 1. The van der Waals surface area contributed by atoms with Gasteiger partial charge in [-0.2, -0.15) is 13.2 Å². The highest BCUT2D eigenvalue weighted by molar-refractivity contribution is 5.82. The second-order valence-corrected chi connectivity index (χ2v) is 4.25. The minimum atomic E-state index is -4.49. The minimum absolute atomic E-state index is 0.0157. The SMILES string of the molecule is C#CCNC(C)(C(=O)OC)c1cccc(C(F)(F)F)c1. The number of methoxy groups -OCH3 is 1. The maximum atomic E-state index is 12.7. The van der Waals surface area contributed by atoms with Gasteiger partial charge in [0, 0.05) is 0 Å². The van der Waals surface area contributed by atoms with E-state index < -0.39 is 23.2 Å². The molecular formula is C14H14F3NO2. The first-order valence-corrected chi connectivity index (χ1v) is 5.70. The Bertz CT molecular complexity index is 534. The molecule has 0 saturated carbocycles. The highest BCUT2D eigenvalue weighted by atomic mass is 19.4. The molecule has 0 aromatic heterocycles. The molecule has 0 radical (unpaired) electrons. The van der Waals surface area contributed by atoms with Gasteiger partial charge in [-0.05, 0) is 24.6 Å². The van der Waals surface area contributed by atoms with Crippen molar-refractivity contribution in [2.75, 3.05) is 13.7 Å². The summed E-state index contributed by atoms with van der Waals surface area (Å²) in [5, 5.41) is 2.71. The molecule has 0 aliphatic carbocycles. The molecule has 1 rings (SSSR count). The Morgan fingerprint density at radius 2 is 2.00 bits per heavy atom. The fourth-order valence-electron chi connectivity index (χ4n) is 1.73. The minimum Gasteiger partial charge on any atom is -0.467 e. The first kappa shape index (κ1) is 16.1. The van der Waals surface area contributed by atoms with E-state index in [0.717, 1.165) is 19.2 Å². The van der Waals surface area contributed by atoms with Gasteiger partial charge in [0.1, 0.15) is 5.54 Å². The van der Waals surface area contributed by atoms with Crippen molar-refractivity contribution in [1.82, 2.24) is 5.32 Å². The Kier molecular flexibility index (Phi) is 4.79. The lowest BCUT2D eigenvalue weighted by atomic mass is 9.90. The predicted molar refractivity (Wildman–Crippen MR) is 67.6 cm³/mol. The van der Waals surface area contributed by atoms with Crippen LogP contribution < -0.4 is 5.32 Å². The van der Waals surface area contributed by atoms with Gasteiger partial charge in [0.05, 0.1) is 19.2 Å². The fraction of sp³-hybridized carbons (Fsp3) is 0.357. The van der Waals surface area contributed by atoms with Crippen LogP contribution in [0.5, 0.6) is 0 Å². The summed E-state index contributed by atoms with van der Waals surface area (Å²) < 4.78 is 42.8. The third kappa shape index (κ3) is 3.31. The molecule has 0 bridgehead atoms. The normalized spacial score (nSPS) is 14.2. The Morgan fingerprint density at radius 1 is 1.40 bits per heavy atom. The molecule has 0 aliphatic heterocycles. The largest absolute Gasteiger partial charge is 0.467 e. The highest BCUT2D eigenvalue weighted by Crippen LogP contribution is 2.32. The number of nitrogens with one attached hydrogen (secondary N) is 1. The standard InChI is InChI=1S/C14H14F3NO2/c1-4-8-18-13(2,12(19)20-3)10-6-5-7-11(9-10)14(15,16)17/h1,5-7,9,18H,8H2,2-3H3. The van der Waals surface area contributed by atoms with Crippen LogP contribution in [0.25, 0.3) is 0 Å². The van der Waals surface area contributed by atoms with E-state index in [0.29, 0.717) is 0 Å². The number of benzene rings is 1. The molecule has 0 fully saturated rings. The summed E-state index contributed by atoms with van der Waals surface area (Å²) in [6.07, 6.45) is 0.623. The first-order valence-electron chi connectivity index (χ1n) is 5.70. The highest BCUT2D eigenvalue weighted by Gasteiger charge is 2.38. The van der Waals surface area contributed by atoms with Gasteiger partial charge in [0.2, 0.25) is 0 Å². The van der Waals surface area contributed by atoms with Crippen LogP contribution in [0.4, 0.5) is 13.2 Å². The zero-order valence-corrected chi connectivity index (χ0v) is 11.0. The van der Waals surface area contributed by atoms with Gasteiger partial charge in [0.25, 0.3) is 0 Å². The summed E-state index contributed by atoms with van der Waals surface area (Å²) in [5.74, 6) is 1.56. The van der Waals surface area contributed by atoms with Crippen molar-refractivity contribution in [2.45, 2.75) is 18.6 Å². The molecular weight excluding hydrogens is 271 g/mol. The van der Waals surface area contributed by atoms with E-state index in [1.807, 2.05) is 0 Å². The van der Waals surface area contributed by atoms with Crippen molar-refractivity contribution in [3.63, 3.8) is 0 Å². The van der Waals surface area contributed by atoms with E-state index >= 15 is 0 Å². The van der Waals surface area contributed by atoms with Crippen molar-refractivity contribution in [1.29, 1.82) is 0 Å². The molecule has 0 saturated heterocycles. The average molecular weight is 285 g/mol. The molecule has 1 unspecified atom stereocenters. The summed E-state index contributed by atoms with van der Waals surface area (Å²) in [6.45, 7) is 1.44. The summed E-state index contributed by atoms with van der Waals surface area (Å²) in [6, 6.07) is 4.48. The topological polar surface area (TPSA) is 38.3 Å². The fourth-order valence-corrected chi connectivity index (χ4v) is 1.73. The second kappa shape index (κ2) is 5.97. The van der Waals surface area contributed by atoms with Crippen LogP contribution in [0.15, 0.2) is 24.3 Å². The molecule has 0 heterocycles. The van der Waals surface area contributed by atoms with Gasteiger partial charge in [-0.25, -0.2) is 4.79 Å². The molecule has 1 atom stereocenters. The molecule has 0 aliphatic rings. The lowest BCUT2D eigenvalue weighted by Crippen LogP contribution is -2.47. The molecule has 20 heavy (non-hydrogen) atoms. The number of carbonyl (C=O) groups excluding carboxylic acids is 1. The monoisotopic (exact) mass is 285 g/mol. The van der Waals surface area contributed by atoms with Crippen LogP contribution in [-0.2, 0) is 21.2 Å². The van der Waals surface area contributed by atoms with Gasteiger partial charge in [-0.15, -0.1) is 6.42 Å². The molecule has 1 aromatic rings. The number of ether oxygens (including phenoxy) is 1. The number of carbonyl (C=O) groups is 1. The van der Waals surface area contributed by atoms with Crippen molar-refractivity contribution in [3.8, 4) is 12.3 Å². The number of esters is 1. The lowest BCUT2D eigenvalue weighted by Gasteiger charge is -2.28. The number of hydrogen-bond acceptors (Lipinski definition) is 3. The van der Waals surface area contributed by atoms with E-state index in [9.17, 15) is 18.0 Å². The van der Waals surface area contributed by atoms with Crippen LogP contribution in [0, 0.1) is 12.3 Å². The van der Waals surface area contributed by atoms with Crippen LogP contribution in [0.2, 0.25) is 0 Å². The van der Waals surface area contributed by atoms with E-state index in [2.05, 4.69) is 16.0 Å². The maximum Gasteiger partial charge on any atom is 0.416 e. The summed E-state index contributed by atoms with van der Waals surface area (Å²) >= 11 is 0. The maximum absolute atomic E-state index is 12.7. The second-order valence-electron chi connectivity index (χ2n) is 4.25. The van der Waals surface area contributed by atoms with Crippen LogP contribution in [0.1, 0.15) is 18.1 Å². The quantitative estimate of drug-likeness (QED) is 0.681. The summed E-state index contributed by atoms with van der Waals surface area (Å²) in [5.41, 5.74) is -2.15. The number of alkyl halides is 3. The van der Waals surface area contributed by atoms with Gasteiger partial charge in [-0.1, -0.05) is 18.1 Å². The van der Waals surface area contributed by atoms with Gasteiger partial charge in [0.15, 0.2) is 0 Å². The molecule has 6 heteroatoms. The zero-order chi connectivity index (χ0) is 15.4. The molecule has 1 N–H and O–H groups in total. The smallest absolute Gasteiger partial charge is 0.416 e. The van der Waals surface area contributed by atoms with Crippen LogP contribution >= 0.6 is 0 Å². The summed E-state index contributed by atoms with van der Waals surface area (Å²) in [4.78, 5) is 11.9. The van der Waals surface area contributed by atoms with E-state index in [4.69, 9.17) is 6.42 Å². The lowest BCUT2D eigenvalue weighted by molar-refractivity contribution is -0.148. The van der Waals surface area contributed by atoms with Gasteiger partial charge >= 0.3 is 12.1 Å². The third-order valence-corrected chi connectivity index (χ3v) is 2.90. The molecule has 0 spiro atoms. The molecule has 1 aromatic carbocycles. The Balaban J connectivity index is 3.28. The summed E-state index contributed by atoms with van der Waals surface area (Å²) in [7, 11) is 1.16. The van der Waals surface area contributed by atoms with E-state index in [-0.39, 0.29) is 12.1 Å². The van der Waals surface area contributed by atoms with Gasteiger partial charge in [-0.3, -0.25) is 5.32 Å². The predicted octanol–water partition coefficient (Wildman–Crippen LogP) is 2.32. The Hall–Kier alpha value is -2.00.